The van der Waals surface area contributed by atoms with E-state index in [0.717, 1.165) is 24.5 Å². The molecule has 1 N–H and O–H groups in total. The van der Waals surface area contributed by atoms with Gasteiger partial charge in [0, 0.05) is 12.1 Å². The molecule has 0 aliphatic rings. The van der Waals surface area contributed by atoms with Gasteiger partial charge in [-0.15, -0.1) is 0 Å². The largest absolute Gasteiger partial charge is 0.457 e. The van der Waals surface area contributed by atoms with E-state index in [1.807, 2.05) is 54.6 Å². The van der Waals surface area contributed by atoms with Crippen LogP contribution in [-0.4, -0.2) is 12.5 Å². The lowest BCUT2D eigenvalue weighted by Gasteiger charge is -2.08. The van der Waals surface area contributed by atoms with E-state index in [1.165, 1.54) is 64.2 Å². The lowest BCUT2D eigenvalue weighted by Crippen LogP contribution is -2.24. The molecule has 0 atom stereocenters. The van der Waals surface area contributed by atoms with Crippen LogP contribution in [0, 0.1) is 0 Å². The molecule has 29 heavy (non-hydrogen) atoms. The quantitative estimate of drug-likeness (QED) is 0.317. The van der Waals surface area contributed by atoms with Crippen molar-refractivity contribution in [3.8, 4) is 11.5 Å². The highest BCUT2D eigenvalue weighted by molar-refractivity contribution is 5.94. The maximum absolute atomic E-state index is 12.2. The molecule has 0 saturated heterocycles. The van der Waals surface area contributed by atoms with Crippen LogP contribution in [0.25, 0.3) is 0 Å². The average Bonchev–Trinajstić information content (AvgIpc) is 2.75. The van der Waals surface area contributed by atoms with Crippen LogP contribution >= 0.6 is 0 Å². The Kier molecular flexibility index (Phi) is 11.6. The standard InChI is InChI=1S/C26H37NO2/c1-2-3-4-5-6-7-8-9-10-11-15-22-27-26(28)23-18-20-25(21-19-23)29-24-16-13-12-14-17-24/h12-14,16-21H,2-11,15,22H2,1H3,(H,27,28). The number of carbonyl (C=O) groups excluding carboxylic acids is 1. The fourth-order valence-electron chi connectivity index (χ4n) is 3.39. The van der Waals surface area contributed by atoms with E-state index in [1.54, 1.807) is 0 Å². The van der Waals surface area contributed by atoms with Gasteiger partial charge in [0.2, 0.25) is 0 Å². The first-order valence-corrected chi connectivity index (χ1v) is 11.4. The first-order chi connectivity index (χ1) is 14.3. The van der Waals surface area contributed by atoms with Crippen molar-refractivity contribution in [2.45, 2.75) is 77.6 Å². The first-order valence-electron chi connectivity index (χ1n) is 11.4. The second-order valence-electron chi connectivity index (χ2n) is 7.73. The average molecular weight is 396 g/mol. The van der Waals surface area contributed by atoms with Crippen molar-refractivity contribution < 1.29 is 9.53 Å². The van der Waals surface area contributed by atoms with Gasteiger partial charge < -0.3 is 10.1 Å². The number of benzene rings is 2. The number of para-hydroxylation sites is 1. The third-order valence-electron chi connectivity index (χ3n) is 5.16. The van der Waals surface area contributed by atoms with Gasteiger partial charge in [-0.05, 0) is 42.8 Å². The van der Waals surface area contributed by atoms with Crippen molar-refractivity contribution >= 4 is 5.91 Å². The smallest absolute Gasteiger partial charge is 0.251 e. The Labute approximate surface area is 176 Å². The maximum Gasteiger partial charge on any atom is 0.251 e. The van der Waals surface area contributed by atoms with E-state index in [9.17, 15) is 4.79 Å². The van der Waals surface area contributed by atoms with Gasteiger partial charge in [0.25, 0.3) is 5.91 Å². The SMILES string of the molecule is CCCCCCCCCCCCCNC(=O)c1ccc(Oc2ccccc2)cc1. The molecule has 0 spiro atoms. The van der Waals surface area contributed by atoms with Gasteiger partial charge in [0.1, 0.15) is 11.5 Å². The van der Waals surface area contributed by atoms with Crippen LogP contribution in [0.2, 0.25) is 0 Å². The molecule has 3 heteroatoms. The summed E-state index contributed by atoms with van der Waals surface area (Å²) in [7, 11) is 0. The summed E-state index contributed by atoms with van der Waals surface area (Å²) in [6.45, 7) is 3.01. The minimum atomic E-state index is -0.0108. The van der Waals surface area contributed by atoms with Crippen LogP contribution in [0.5, 0.6) is 11.5 Å². The monoisotopic (exact) mass is 395 g/mol. The molecule has 2 aromatic carbocycles. The van der Waals surface area contributed by atoms with Crippen LogP contribution in [0.3, 0.4) is 0 Å². The van der Waals surface area contributed by atoms with E-state index < -0.39 is 0 Å². The lowest BCUT2D eigenvalue weighted by atomic mass is 10.1. The van der Waals surface area contributed by atoms with Gasteiger partial charge in [0.05, 0.1) is 0 Å². The molecule has 3 nitrogen and oxygen atoms in total. The Bertz CT molecular complexity index is 667. The molecule has 1 amide bonds. The van der Waals surface area contributed by atoms with E-state index in [4.69, 9.17) is 4.74 Å². The fourth-order valence-corrected chi connectivity index (χ4v) is 3.39. The molecule has 0 bridgehead atoms. The van der Waals surface area contributed by atoms with Gasteiger partial charge >= 0.3 is 0 Å². The normalized spacial score (nSPS) is 10.7. The molecule has 0 aromatic heterocycles. The predicted octanol–water partition coefficient (Wildman–Crippen LogP) is 7.52. The summed E-state index contributed by atoms with van der Waals surface area (Å²) in [5.74, 6) is 1.52. The molecule has 0 aliphatic heterocycles. The molecular formula is C26H37NO2. The van der Waals surface area contributed by atoms with E-state index in [0.29, 0.717) is 5.56 Å². The van der Waals surface area contributed by atoms with Gasteiger partial charge in [0.15, 0.2) is 0 Å². The number of nitrogens with one attached hydrogen (secondary N) is 1. The summed E-state index contributed by atoms with van der Waals surface area (Å²) < 4.78 is 5.76. The zero-order valence-electron chi connectivity index (χ0n) is 18.0. The predicted molar refractivity (Wildman–Crippen MR) is 122 cm³/mol. The molecule has 158 valence electrons. The van der Waals surface area contributed by atoms with Crippen LogP contribution in [0.4, 0.5) is 0 Å². The Morgan fingerprint density at radius 3 is 1.79 bits per heavy atom. The number of amides is 1. The minimum Gasteiger partial charge on any atom is -0.457 e. The highest BCUT2D eigenvalue weighted by atomic mass is 16.5. The fraction of sp³-hybridized carbons (Fsp3) is 0.500. The third-order valence-corrected chi connectivity index (χ3v) is 5.16. The maximum atomic E-state index is 12.2. The van der Waals surface area contributed by atoms with Crippen molar-refractivity contribution in [1.82, 2.24) is 5.32 Å². The van der Waals surface area contributed by atoms with Gasteiger partial charge in [-0.25, -0.2) is 0 Å². The molecule has 0 unspecified atom stereocenters. The molecule has 0 aliphatic carbocycles. The summed E-state index contributed by atoms with van der Waals surface area (Å²) in [5, 5.41) is 3.02. The number of rotatable bonds is 15. The van der Waals surface area contributed by atoms with Gasteiger partial charge in [-0.1, -0.05) is 89.3 Å². The second-order valence-corrected chi connectivity index (χ2v) is 7.73. The molecular weight excluding hydrogens is 358 g/mol. The third kappa shape index (κ3) is 10.2. The molecule has 2 rings (SSSR count). The van der Waals surface area contributed by atoms with E-state index >= 15 is 0 Å². The summed E-state index contributed by atoms with van der Waals surface area (Å²) in [6.07, 6.45) is 14.5. The molecule has 0 radical (unpaired) electrons. The van der Waals surface area contributed by atoms with Crippen LogP contribution in [-0.2, 0) is 0 Å². The summed E-state index contributed by atoms with van der Waals surface area (Å²) >= 11 is 0. The zero-order chi connectivity index (χ0) is 20.6. The Balaban J connectivity index is 1.51. The zero-order valence-corrected chi connectivity index (χ0v) is 18.0. The first kappa shape index (κ1) is 23.0. The Hall–Kier alpha value is -2.29. The van der Waals surface area contributed by atoms with E-state index in [2.05, 4.69) is 12.2 Å². The highest BCUT2D eigenvalue weighted by Gasteiger charge is 2.05. The molecule has 2 aromatic rings. The van der Waals surface area contributed by atoms with Crippen LogP contribution in [0.1, 0.15) is 87.9 Å². The van der Waals surface area contributed by atoms with Crippen molar-refractivity contribution in [3.63, 3.8) is 0 Å². The number of hydrogen-bond donors (Lipinski definition) is 1. The van der Waals surface area contributed by atoms with Crippen molar-refractivity contribution in [2.24, 2.45) is 0 Å². The summed E-state index contributed by atoms with van der Waals surface area (Å²) in [5.41, 5.74) is 0.675. The van der Waals surface area contributed by atoms with Crippen molar-refractivity contribution in [3.05, 3.63) is 60.2 Å². The number of ether oxygens (including phenoxy) is 1. The van der Waals surface area contributed by atoms with Crippen molar-refractivity contribution in [1.29, 1.82) is 0 Å². The second kappa shape index (κ2) is 14.7. The molecule has 0 heterocycles. The number of hydrogen-bond acceptors (Lipinski definition) is 2. The summed E-state index contributed by atoms with van der Waals surface area (Å²) in [4.78, 5) is 12.2. The number of carbonyl (C=O) groups is 1. The van der Waals surface area contributed by atoms with Gasteiger partial charge in [-0.2, -0.15) is 0 Å². The Morgan fingerprint density at radius 1 is 0.690 bits per heavy atom. The van der Waals surface area contributed by atoms with Crippen molar-refractivity contribution in [2.75, 3.05) is 6.54 Å². The van der Waals surface area contributed by atoms with E-state index in [-0.39, 0.29) is 5.91 Å². The van der Waals surface area contributed by atoms with Crippen LogP contribution in [0.15, 0.2) is 54.6 Å². The minimum absolute atomic E-state index is 0.0108. The molecule has 0 saturated carbocycles. The highest BCUT2D eigenvalue weighted by Crippen LogP contribution is 2.21. The summed E-state index contributed by atoms with van der Waals surface area (Å²) in [6, 6.07) is 17.0. The van der Waals surface area contributed by atoms with Gasteiger partial charge in [-0.3, -0.25) is 4.79 Å². The van der Waals surface area contributed by atoms with Crippen LogP contribution < -0.4 is 10.1 Å². The molecule has 0 fully saturated rings. The number of unbranched alkanes of at least 4 members (excludes halogenated alkanes) is 10. The Morgan fingerprint density at radius 2 is 1.21 bits per heavy atom. The lowest BCUT2D eigenvalue weighted by molar-refractivity contribution is 0.0953. The topological polar surface area (TPSA) is 38.3 Å².